The van der Waals surface area contributed by atoms with Gasteiger partial charge in [0.2, 0.25) is 12.7 Å². The number of benzene rings is 3. The number of esters is 1. The molecule has 2 N–H and O–H groups in total. The van der Waals surface area contributed by atoms with Crippen molar-refractivity contribution in [2.75, 3.05) is 19.2 Å². The van der Waals surface area contributed by atoms with Gasteiger partial charge in [0.05, 0.1) is 40.6 Å². The van der Waals surface area contributed by atoms with Crippen LogP contribution >= 0.6 is 31.0 Å². The molecule has 1 fully saturated rings. The van der Waals surface area contributed by atoms with Crippen LogP contribution in [0.1, 0.15) is 103 Å². The number of phosphoric ester groups is 1. The Morgan fingerprint density at radius 2 is 1.56 bits per heavy atom. The van der Waals surface area contributed by atoms with Gasteiger partial charge in [0.15, 0.2) is 0 Å². The molecule has 0 aromatic heterocycles. The highest BCUT2D eigenvalue weighted by molar-refractivity contribution is 7.48. The number of hydrogen-bond acceptors (Lipinski definition) is 9. The highest BCUT2D eigenvalue weighted by Crippen LogP contribution is 2.56. The number of halogens is 4. The summed E-state index contributed by atoms with van der Waals surface area (Å²) in [5.41, 5.74) is -2.67. The maximum absolute atomic E-state index is 16.0. The Hall–Kier alpha value is -3.09. The van der Waals surface area contributed by atoms with E-state index in [-0.39, 0.29) is 43.6 Å². The summed E-state index contributed by atoms with van der Waals surface area (Å²) in [7, 11) is -2.80. The average Bonchev–Trinajstić information content (AvgIpc) is 3.31. The van der Waals surface area contributed by atoms with Crippen LogP contribution in [0.25, 0.3) is 0 Å². The first-order valence-corrected chi connectivity index (χ1v) is 20.0. The van der Waals surface area contributed by atoms with Gasteiger partial charge < -0.3 is 20.1 Å². The third kappa shape index (κ3) is 11.1. The lowest BCUT2D eigenvalue weighted by Crippen LogP contribution is -2.44. The second kappa shape index (κ2) is 16.8. The number of hydrogen-bond donors (Lipinski definition) is 2. The standard InChI is InChI=1S/C40H51Cl2F2N2O8P/c1-37(2,3)21-31-40(10,26-17-16-24(41)20-28(26)43)32(25-13-12-14-27(42)33(25)44)34(46-31)35(47)45-29-18-15-23(19-30(29)50-11)36(48)51-22-52-55(49,53-38(4,5)6)54-39(7,8)9/h12-20,31-32,34,46H,21-22H2,1-11H3,(H,45,47)/t31-,32-,34+,40-/m0/s1. The van der Waals surface area contributed by atoms with Crippen molar-refractivity contribution in [2.24, 2.45) is 5.41 Å². The van der Waals surface area contributed by atoms with Crippen LogP contribution in [0.2, 0.25) is 10.0 Å². The molecule has 1 aliphatic heterocycles. The van der Waals surface area contributed by atoms with E-state index in [1.807, 2.05) is 27.7 Å². The van der Waals surface area contributed by atoms with E-state index in [9.17, 15) is 14.2 Å². The minimum Gasteiger partial charge on any atom is -0.495 e. The van der Waals surface area contributed by atoms with Gasteiger partial charge in [-0.2, -0.15) is 0 Å². The van der Waals surface area contributed by atoms with Gasteiger partial charge in [0.25, 0.3) is 0 Å². The largest absolute Gasteiger partial charge is 0.495 e. The molecule has 0 bridgehead atoms. The maximum Gasteiger partial charge on any atom is 0.478 e. The molecule has 15 heteroatoms. The summed E-state index contributed by atoms with van der Waals surface area (Å²) < 4.78 is 72.5. The molecule has 0 aliphatic carbocycles. The lowest BCUT2D eigenvalue weighted by atomic mass is 9.63. The molecule has 1 amide bonds. The SMILES string of the molecule is COc1cc(C(=O)OCOP(=O)(OC(C)(C)C)OC(C)(C)C)ccc1NC(=O)[C@@H]1N[C@@H](CC(C)(C)C)[C@](C)(c2ccc(Cl)cc2F)[C@H]1c1cccc(Cl)c1F. The third-order valence-corrected chi connectivity index (χ3v) is 11.4. The van der Waals surface area contributed by atoms with Crippen molar-refractivity contribution in [2.45, 2.75) is 110 Å². The topological polar surface area (TPSA) is 121 Å². The van der Waals surface area contributed by atoms with Gasteiger partial charge in [-0.3, -0.25) is 13.8 Å². The van der Waals surface area contributed by atoms with E-state index < -0.39 is 72.7 Å². The Morgan fingerprint density at radius 3 is 2.13 bits per heavy atom. The summed E-state index contributed by atoms with van der Waals surface area (Å²) in [5, 5.41) is 6.34. The van der Waals surface area contributed by atoms with E-state index in [1.165, 1.54) is 37.4 Å². The number of anilines is 1. The van der Waals surface area contributed by atoms with Crippen molar-refractivity contribution >= 4 is 48.6 Å². The van der Waals surface area contributed by atoms with Crippen LogP contribution < -0.4 is 15.4 Å². The molecule has 1 saturated heterocycles. The van der Waals surface area contributed by atoms with Crippen molar-refractivity contribution in [3.63, 3.8) is 0 Å². The van der Waals surface area contributed by atoms with Crippen LogP contribution in [-0.2, 0) is 33.1 Å². The van der Waals surface area contributed by atoms with Crippen LogP contribution in [0.4, 0.5) is 14.5 Å². The number of phosphoric acid groups is 1. The lowest BCUT2D eigenvalue weighted by Gasteiger charge is -2.40. The van der Waals surface area contributed by atoms with E-state index in [0.717, 1.165) is 0 Å². The molecule has 3 aromatic carbocycles. The molecule has 55 heavy (non-hydrogen) atoms. The predicted octanol–water partition coefficient (Wildman–Crippen LogP) is 10.6. The van der Waals surface area contributed by atoms with Crippen LogP contribution in [0.5, 0.6) is 5.75 Å². The van der Waals surface area contributed by atoms with E-state index in [2.05, 4.69) is 10.6 Å². The van der Waals surface area contributed by atoms with Gasteiger partial charge in [-0.05, 0) is 101 Å². The Labute approximate surface area is 332 Å². The fourth-order valence-electron chi connectivity index (χ4n) is 6.81. The molecular formula is C40H51Cl2F2N2O8P. The molecule has 302 valence electrons. The zero-order valence-electron chi connectivity index (χ0n) is 33.1. The fourth-order valence-corrected chi connectivity index (χ4v) is 8.81. The van der Waals surface area contributed by atoms with E-state index in [1.54, 1.807) is 65.8 Å². The lowest BCUT2D eigenvalue weighted by molar-refractivity contribution is -0.118. The zero-order chi connectivity index (χ0) is 41.3. The summed E-state index contributed by atoms with van der Waals surface area (Å²) in [6, 6.07) is 11.4. The van der Waals surface area contributed by atoms with Crippen LogP contribution in [-0.4, -0.2) is 49.1 Å². The number of nitrogens with one attached hydrogen (secondary N) is 2. The van der Waals surface area contributed by atoms with Crippen LogP contribution in [0.15, 0.2) is 54.6 Å². The second-order valence-corrected chi connectivity index (χ2v) is 19.3. The van der Waals surface area contributed by atoms with E-state index >= 15 is 8.78 Å². The number of methoxy groups -OCH3 is 1. The summed E-state index contributed by atoms with van der Waals surface area (Å²) in [4.78, 5) is 27.5. The molecule has 1 heterocycles. The van der Waals surface area contributed by atoms with Gasteiger partial charge in [-0.1, -0.05) is 69.1 Å². The smallest absolute Gasteiger partial charge is 0.478 e. The third-order valence-electron chi connectivity index (χ3n) is 8.88. The predicted molar refractivity (Wildman–Crippen MR) is 210 cm³/mol. The molecule has 0 saturated carbocycles. The average molecular weight is 828 g/mol. The second-order valence-electron chi connectivity index (χ2n) is 16.9. The Balaban J connectivity index is 1.66. The first-order chi connectivity index (χ1) is 25.3. The number of carbonyl (C=O) groups excluding carboxylic acids is 2. The van der Waals surface area contributed by atoms with Crippen molar-refractivity contribution in [3.05, 3.63) is 93.0 Å². The number of rotatable bonds is 12. The van der Waals surface area contributed by atoms with E-state index in [0.29, 0.717) is 6.42 Å². The highest BCUT2D eigenvalue weighted by atomic mass is 35.5. The first-order valence-electron chi connectivity index (χ1n) is 17.7. The quantitative estimate of drug-likeness (QED) is 0.104. The van der Waals surface area contributed by atoms with Gasteiger partial charge in [0.1, 0.15) is 17.4 Å². The molecular weight excluding hydrogens is 776 g/mol. The molecule has 0 unspecified atom stereocenters. The van der Waals surface area contributed by atoms with Gasteiger partial charge in [-0.25, -0.2) is 22.7 Å². The van der Waals surface area contributed by atoms with Crippen LogP contribution in [0.3, 0.4) is 0 Å². The summed E-state index contributed by atoms with van der Waals surface area (Å²) in [5.74, 6) is -3.60. The minimum absolute atomic E-state index is 0.0238. The van der Waals surface area contributed by atoms with Crippen LogP contribution in [0, 0.1) is 17.0 Å². The first kappa shape index (κ1) is 44.6. The highest BCUT2D eigenvalue weighted by Gasteiger charge is 2.57. The van der Waals surface area contributed by atoms with Crippen molar-refractivity contribution in [1.82, 2.24) is 5.32 Å². The molecule has 4 atom stereocenters. The van der Waals surface area contributed by atoms with Gasteiger partial charge >= 0.3 is 13.8 Å². The molecule has 0 spiro atoms. The van der Waals surface area contributed by atoms with Gasteiger partial charge in [0, 0.05) is 22.4 Å². The van der Waals surface area contributed by atoms with Gasteiger partial charge in [-0.15, -0.1) is 0 Å². The van der Waals surface area contributed by atoms with Crippen molar-refractivity contribution in [1.29, 1.82) is 0 Å². The Kier molecular flexibility index (Phi) is 13.6. The molecule has 10 nitrogen and oxygen atoms in total. The summed E-state index contributed by atoms with van der Waals surface area (Å²) in [6.45, 7) is 17.2. The zero-order valence-corrected chi connectivity index (χ0v) is 35.5. The summed E-state index contributed by atoms with van der Waals surface area (Å²) in [6.07, 6.45) is 0.484. The fraction of sp³-hybridized carbons (Fsp3) is 0.500. The van der Waals surface area contributed by atoms with Crippen molar-refractivity contribution in [3.8, 4) is 5.75 Å². The van der Waals surface area contributed by atoms with E-state index in [4.69, 9.17) is 46.2 Å². The normalized spacial score (nSPS) is 20.7. The Morgan fingerprint density at radius 1 is 0.927 bits per heavy atom. The molecule has 1 aliphatic rings. The Bertz CT molecular complexity index is 1930. The minimum atomic E-state index is -4.16. The molecule has 4 rings (SSSR count). The molecule has 0 radical (unpaired) electrons. The summed E-state index contributed by atoms with van der Waals surface area (Å²) >= 11 is 12.5. The molecule has 3 aromatic rings. The monoisotopic (exact) mass is 826 g/mol. The number of amides is 1. The van der Waals surface area contributed by atoms with Crippen molar-refractivity contribution < 1.29 is 46.0 Å². The number of carbonyl (C=O) groups is 2. The number of ether oxygens (including phenoxy) is 2. The maximum atomic E-state index is 16.0.